The van der Waals surface area contributed by atoms with E-state index < -0.39 is 0 Å². The molecule has 0 bridgehead atoms. The first-order chi connectivity index (χ1) is 8.34. The third-order valence-corrected chi connectivity index (χ3v) is 4.05. The minimum Gasteiger partial charge on any atom is -0.303 e. The highest BCUT2D eigenvalue weighted by Gasteiger charge is 2.31. The van der Waals surface area contributed by atoms with Gasteiger partial charge in [0.15, 0.2) is 5.78 Å². The van der Waals surface area contributed by atoms with Crippen LogP contribution in [0.15, 0.2) is 24.3 Å². The molecule has 1 aromatic rings. The highest BCUT2D eigenvalue weighted by molar-refractivity contribution is 6.02. The van der Waals surface area contributed by atoms with Crippen molar-refractivity contribution < 1.29 is 4.79 Å². The lowest BCUT2D eigenvalue weighted by Crippen LogP contribution is -2.35. The second kappa shape index (κ2) is 4.61. The van der Waals surface area contributed by atoms with Gasteiger partial charge in [0, 0.05) is 18.0 Å². The number of fused-ring (bicyclic) bond motifs is 1. The van der Waals surface area contributed by atoms with E-state index in [2.05, 4.69) is 11.0 Å². The molecule has 1 aliphatic carbocycles. The molecule has 3 rings (SSSR count). The van der Waals surface area contributed by atoms with Crippen molar-refractivity contribution in [1.29, 1.82) is 0 Å². The standard InChI is InChI=1S/C15H19NO/c17-15-13(11-16-8-4-1-5-9-16)10-12-6-2-3-7-14(12)15/h2-3,6-7,13H,1,4-5,8-11H2. The molecule has 1 atom stereocenters. The molecule has 1 fully saturated rings. The van der Waals surface area contributed by atoms with Crippen LogP contribution in [0.5, 0.6) is 0 Å². The van der Waals surface area contributed by atoms with Crippen LogP contribution in [-0.4, -0.2) is 30.3 Å². The van der Waals surface area contributed by atoms with Gasteiger partial charge in [-0.15, -0.1) is 0 Å². The summed E-state index contributed by atoms with van der Waals surface area (Å²) in [5.41, 5.74) is 2.22. The lowest BCUT2D eigenvalue weighted by Gasteiger charge is -2.28. The van der Waals surface area contributed by atoms with Crippen molar-refractivity contribution in [3.8, 4) is 0 Å². The summed E-state index contributed by atoms with van der Waals surface area (Å²) in [4.78, 5) is 14.7. The van der Waals surface area contributed by atoms with Gasteiger partial charge in [0.2, 0.25) is 0 Å². The second-order valence-electron chi connectivity index (χ2n) is 5.28. The number of carbonyl (C=O) groups excluding carboxylic acids is 1. The molecule has 2 nitrogen and oxygen atoms in total. The normalized spacial score (nSPS) is 24.9. The molecule has 1 unspecified atom stereocenters. The maximum Gasteiger partial charge on any atom is 0.167 e. The zero-order valence-electron chi connectivity index (χ0n) is 10.2. The van der Waals surface area contributed by atoms with Gasteiger partial charge >= 0.3 is 0 Å². The van der Waals surface area contributed by atoms with Crippen molar-refractivity contribution in [1.82, 2.24) is 4.90 Å². The summed E-state index contributed by atoms with van der Waals surface area (Å²) >= 11 is 0. The number of hydrogen-bond acceptors (Lipinski definition) is 2. The summed E-state index contributed by atoms with van der Waals surface area (Å²) < 4.78 is 0. The Kier molecular flexibility index (Phi) is 2.98. The number of Topliss-reactive ketones (excluding diaryl/α,β-unsaturated/α-hetero) is 1. The van der Waals surface area contributed by atoms with Crippen LogP contribution in [0, 0.1) is 5.92 Å². The van der Waals surface area contributed by atoms with Gasteiger partial charge in [-0.1, -0.05) is 30.7 Å². The van der Waals surface area contributed by atoms with E-state index >= 15 is 0 Å². The topological polar surface area (TPSA) is 20.3 Å². The molecule has 90 valence electrons. The quantitative estimate of drug-likeness (QED) is 0.776. The Morgan fingerprint density at radius 1 is 1.12 bits per heavy atom. The van der Waals surface area contributed by atoms with Gasteiger partial charge in [-0.2, -0.15) is 0 Å². The zero-order chi connectivity index (χ0) is 11.7. The van der Waals surface area contributed by atoms with Gasteiger partial charge in [0.1, 0.15) is 0 Å². The van der Waals surface area contributed by atoms with Gasteiger partial charge in [-0.25, -0.2) is 0 Å². The van der Waals surface area contributed by atoms with Crippen molar-refractivity contribution in [2.24, 2.45) is 5.92 Å². The average molecular weight is 229 g/mol. The number of rotatable bonds is 2. The highest BCUT2D eigenvalue weighted by Crippen LogP contribution is 2.27. The lowest BCUT2D eigenvalue weighted by molar-refractivity contribution is 0.0889. The molecule has 0 radical (unpaired) electrons. The molecule has 17 heavy (non-hydrogen) atoms. The molecule has 1 heterocycles. The number of likely N-dealkylation sites (tertiary alicyclic amines) is 1. The number of hydrogen-bond donors (Lipinski definition) is 0. The molecule has 0 aromatic heterocycles. The number of carbonyl (C=O) groups is 1. The van der Waals surface area contributed by atoms with Gasteiger partial charge in [-0.05, 0) is 37.9 Å². The Hall–Kier alpha value is -1.15. The molecule has 0 saturated carbocycles. The van der Waals surface area contributed by atoms with Crippen molar-refractivity contribution in [2.75, 3.05) is 19.6 Å². The fraction of sp³-hybridized carbons (Fsp3) is 0.533. The first kappa shape index (κ1) is 11.0. The summed E-state index contributed by atoms with van der Waals surface area (Å²) in [7, 11) is 0. The first-order valence-electron chi connectivity index (χ1n) is 6.69. The minimum absolute atomic E-state index is 0.213. The van der Waals surface area contributed by atoms with E-state index in [-0.39, 0.29) is 5.92 Å². The van der Waals surface area contributed by atoms with Gasteiger partial charge < -0.3 is 4.90 Å². The Labute approximate surface area is 103 Å². The number of ketones is 1. The van der Waals surface area contributed by atoms with E-state index in [1.165, 1.54) is 37.9 Å². The lowest BCUT2D eigenvalue weighted by atomic mass is 10.0. The van der Waals surface area contributed by atoms with Crippen LogP contribution in [0.4, 0.5) is 0 Å². The number of piperidine rings is 1. The number of benzene rings is 1. The van der Waals surface area contributed by atoms with Crippen molar-refractivity contribution in [2.45, 2.75) is 25.7 Å². The van der Waals surface area contributed by atoms with Crippen molar-refractivity contribution in [3.63, 3.8) is 0 Å². The van der Waals surface area contributed by atoms with Gasteiger partial charge in [0.25, 0.3) is 0 Å². The van der Waals surface area contributed by atoms with Crippen LogP contribution in [0.25, 0.3) is 0 Å². The predicted octanol–water partition coefficient (Wildman–Crippen LogP) is 2.53. The summed E-state index contributed by atoms with van der Waals surface area (Å²) in [6.07, 6.45) is 4.91. The Bertz CT molecular complexity index is 421. The summed E-state index contributed by atoms with van der Waals surface area (Å²) in [5, 5.41) is 0. The average Bonchev–Trinajstić information content (AvgIpc) is 2.68. The van der Waals surface area contributed by atoms with Crippen LogP contribution < -0.4 is 0 Å². The Morgan fingerprint density at radius 2 is 1.88 bits per heavy atom. The molecular formula is C15H19NO. The summed E-state index contributed by atoms with van der Waals surface area (Å²) in [6.45, 7) is 3.33. The smallest absolute Gasteiger partial charge is 0.167 e. The van der Waals surface area contributed by atoms with E-state index in [1.54, 1.807) is 0 Å². The maximum atomic E-state index is 12.2. The molecule has 0 spiro atoms. The highest BCUT2D eigenvalue weighted by atomic mass is 16.1. The predicted molar refractivity (Wildman–Crippen MR) is 68.3 cm³/mol. The third-order valence-electron chi connectivity index (χ3n) is 4.05. The molecular weight excluding hydrogens is 210 g/mol. The van der Waals surface area contributed by atoms with Crippen LogP contribution in [0.2, 0.25) is 0 Å². The minimum atomic E-state index is 0.213. The molecule has 2 aliphatic rings. The van der Waals surface area contributed by atoms with Crippen LogP contribution in [0.3, 0.4) is 0 Å². The van der Waals surface area contributed by atoms with Gasteiger partial charge in [0.05, 0.1) is 0 Å². The fourth-order valence-corrected chi connectivity index (χ4v) is 3.12. The molecule has 1 saturated heterocycles. The SMILES string of the molecule is O=C1c2ccccc2CC1CN1CCCCC1. The second-order valence-corrected chi connectivity index (χ2v) is 5.28. The van der Waals surface area contributed by atoms with Gasteiger partial charge in [-0.3, -0.25) is 4.79 Å². The van der Waals surface area contributed by atoms with Crippen LogP contribution >= 0.6 is 0 Å². The Balaban J connectivity index is 1.69. The van der Waals surface area contributed by atoms with E-state index in [9.17, 15) is 4.79 Å². The van der Waals surface area contributed by atoms with E-state index in [1.807, 2.05) is 18.2 Å². The molecule has 2 heteroatoms. The molecule has 0 N–H and O–H groups in total. The number of nitrogens with zero attached hydrogens (tertiary/aromatic N) is 1. The summed E-state index contributed by atoms with van der Waals surface area (Å²) in [5.74, 6) is 0.580. The molecule has 1 aromatic carbocycles. The fourth-order valence-electron chi connectivity index (χ4n) is 3.12. The molecule has 1 aliphatic heterocycles. The maximum absolute atomic E-state index is 12.2. The molecule has 0 amide bonds. The van der Waals surface area contributed by atoms with E-state index in [4.69, 9.17) is 0 Å². The monoisotopic (exact) mass is 229 g/mol. The zero-order valence-corrected chi connectivity index (χ0v) is 10.2. The summed E-state index contributed by atoms with van der Waals surface area (Å²) in [6, 6.07) is 8.09. The first-order valence-corrected chi connectivity index (χ1v) is 6.69. The van der Waals surface area contributed by atoms with E-state index in [0.29, 0.717) is 5.78 Å². The Morgan fingerprint density at radius 3 is 2.65 bits per heavy atom. The third kappa shape index (κ3) is 2.14. The largest absolute Gasteiger partial charge is 0.303 e. The van der Waals surface area contributed by atoms with Crippen molar-refractivity contribution >= 4 is 5.78 Å². The van der Waals surface area contributed by atoms with Crippen LogP contribution in [0.1, 0.15) is 35.2 Å². The van der Waals surface area contributed by atoms with E-state index in [0.717, 1.165) is 18.5 Å². The van der Waals surface area contributed by atoms with Crippen molar-refractivity contribution in [3.05, 3.63) is 35.4 Å². The van der Waals surface area contributed by atoms with Crippen LogP contribution in [-0.2, 0) is 6.42 Å².